The van der Waals surface area contributed by atoms with Crippen molar-refractivity contribution in [3.63, 3.8) is 0 Å². The van der Waals surface area contributed by atoms with Crippen LogP contribution in [0.15, 0.2) is 59.8 Å². The first kappa shape index (κ1) is 60.2. The Morgan fingerprint density at radius 3 is 2.25 bits per heavy atom. The number of fused-ring (bicyclic) bond motifs is 3. The molecule has 3 aliphatic heterocycles. The van der Waals surface area contributed by atoms with Crippen molar-refractivity contribution in [2.75, 3.05) is 34.7 Å². The summed E-state index contributed by atoms with van der Waals surface area (Å²) in [5, 5.41) is 23.7. The van der Waals surface area contributed by atoms with Crippen molar-refractivity contribution in [3.05, 3.63) is 59.8 Å². The summed E-state index contributed by atoms with van der Waals surface area (Å²) in [6.07, 6.45) is 13.9. The molecule has 2 bridgehead atoms. The Morgan fingerprint density at radius 1 is 0.873 bits per heavy atom. The number of amides is 1. The summed E-state index contributed by atoms with van der Waals surface area (Å²) < 4.78 is 42.2. The van der Waals surface area contributed by atoms with Gasteiger partial charge in [0.15, 0.2) is 0 Å². The van der Waals surface area contributed by atoms with E-state index in [0.29, 0.717) is 50.5 Å². The number of nitrogens with zero attached hydrogens (tertiary/aromatic N) is 1. The number of ketones is 2. The number of hydrogen-bond donors (Lipinski definition) is 2. The van der Waals surface area contributed by atoms with Gasteiger partial charge < -0.3 is 48.3 Å². The third kappa shape index (κ3) is 17.1. The number of piperidine rings is 1. The van der Waals surface area contributed by atoms with E-state index in [4.69, 9.17) is 33.2 Å². The number of allylic oxidation sites excluding steroid dienone is 6. The minimum absolute atomic E-state index is 0.000198. The summed E-state index contributed by atoms with van der Waals surface area (Å²) in [4.78, 5) is 58.8. The van der Waals surface area contributed by atoms with Crippen LogP contribution in [0.4, 0.5) is 0 Å². The van der Waals surface area contributed by atoms with Crippen LogP contribution in [0.2, 0.25) is 0 Å². The fourth-order valence-corrected chi connectivity index (χ4v) is 10.7. The number of aliphatic hydroxyl groups excluding tert-OH is 1. The summed E-state index contributed by atoms with van der Waals surface area (Å²) in [7, 11) is 4.82. The first-order chi connectivity index (χ1) is 33.4. The Morgan fingerprint density at radius 2 is 1.59 bits per heavy atom. The number of Topliss-reactive ketones (excluding diaryl/α,β-unsaturated/α-hetero) is 2. The van der Waals surface area contributed by atoms with E-state index in [0.717, 1.165) is 30.4 Å². The van der Waals surface area contributed by atoms with Crippen LogP contribution in [0.25, 0.3) is 0 Å². The maximum absolute atomic E-state index is 14.6. The van der Waals surface area contributed by atoms with Gasteiger partial charge in [0.2, 0.25) is 5.79 Å². The highest BCUT2D eigenvalue weighted by molar-refractivity contribution is 6.39. The van der Waals surface area contributed by atoms with Crippen molar-refractivity contribution in [3.8, 4) is 0 Å². The van der Waals surface area contributed by atoms with Crippen LogP contribution in [-0.4, -0.2) is 133 Å². The minimum Gasteiger partial charge on any atom is -0.460 e. The molecule has 14 nitrogen and oxygen atoms in total. The van der Waals surface area contributed by atoms with Gasteiger partial charge in [0.25, 0.3) is 11.7 Å². The number of rotatable bonds is 9. The topological polar surface area (TPSA) is 177 Å². The summed E-state index contributed by atoms with van der Waals surface area (Å²) in [6, 6.07) is -1.12. The molecule has 4 aliphatic rings. The van der Waals surface area contributed by atoms with Crippen molar-refractivity contribution < 1.29 is 62.5 Å². The number of aliphatic hydroxyl groups is 2. The number of cyclic esters (lactones) is 1. The van der Waals surface area contributed by atoms with Crippen molar-refractivity contribution in [1.82, 2.24) is 4.90 Å². The number of hydrogen-bond acceptors (Lipinski definition) is 13. The molecule has 3 fully saturated rings. The van der Waals surface area contributed by atoms with Gasteiger partial charge in [-0.25, -0.2) is 4.79 Å². The van der Waals surface area contributed by atoms with Gasteiger partial charge in [-0.15, -0.1) is 0 Å². The normalized spacial score (nSPS) is 38.3. The highest BCUT2D eigenvalue weighted by Crippen LogP contribution is 2.38. The maximum atomic E-state index is 14.6. The lowest BCUT2D eigenvalue weighted by Gasteiger charge is -2.42. The van der Waals surface area contributed by atoms with Gasteiger partial charge in [-0.3, -0.25) is 14.4 Å². The first-order valence-corrected chi connectivity index (χ1v) is 26.3. The molecule has 402 valence electrons. The Balaban J connectivity index is 1.68. The van der Waals surface area contributed by atoms with Crippen LogP contribution in [0.3, 0.4) is 0 Å². The Kier molecular flexibility index (Phi) is 23.6. The second-order valence-corrected chi connectivity index (χ2v) is 22.3. The third-order valence-corrected chi connectivity index (χ3v) is 15.5. The zero-order chi connectivity index (χ0) is 52.8. The monoisotopic (exact) mass is 998 g/mol. The average molecular weight is 998 g/mol. The molecule has 1 amide bonds. The number of carbonyl (C=O) groups is 4. The van der Waals surface area contributed by atoms with Crippen LogP contribution in [0.5, 0.6) is 0 Å². The zero-order valence-corrected chi connectivity index (χ0v) is 45.5. The lowest BCUT2D eigenvalue weighted by molar-refractivity contribution is -0.265. The third-order valence-electron chi connectivity index (χ3n) is 15.5. The average Bonchev–Trinajstić information content (AvgIpc) is 3.32. The van der Waals surface area contributed by atoms with E-state index >= 15 is 0 Å². The molecule has 0 radical (unpaired) electrons. The summed E-state index contributed by atoms with van der Waals surface area (Å²) >= 11 is 0. The van der Waals surface area contributed by atoms with Crippen molar-refractivity contribution in [2.24, 2.45) is 35.5 Å². The SMILES string of the molecule is C=C1[C@H](C)C[C@H](C)/C=C/C=C/C=C(\C)[C@@H](OC)C[C@@H]2CC[C@@H](C)[C@@](O)(O2)C(=O)C(=O)N2CCCC[C@H]2C(=O)O[C@H]([C@H](C)CC2CC[C@@H](OCOC(C)(C)C)[C@H](OC)C2)CC(=O)[C@H](C)/C=C(\C)[C@@H](O)[C@H]1OC. The van der Waals surface area contributed by atoms with Gasteiger partial charge in [-0.1, -0.05) is 77.7 Å². The number of ether oxygens (including phenoxy) is 7. The van der Waals surface area contributed by atoms with Crippen LogP contribution < -0.4 is 0 Å². The Bertz CT molecular complexity index is 1900. The van der Waals surface area contributed by atoms with E-state index in [9.17, 15) is 29.4 Å². The highest BCUT2D eigenvalue weighted by atomic mass is 16.7. The minimum atomic E-state index is -2.42. The van der Waals surface area contributed by atoms with Crippen LogP contribution in [0, 0.1) is 35.5 Å². The van der Waals surface area contributed by atoms with Gasteiger partial charge in [0.1, 0.15) is 36.9 Å². The van der Waals surface area contributed by atoms with E-state index in [1.54, 1.807) is 48.2 Å². The lowest BCUT2D eigenvalue weighted by Crippen LogP contribution is -2.61. The number of methoxy groups -OCH3 is 3. The molecular weight excluding hydrogens is 907 g/mol. The van der Waals surface area contributed by atoms with Gasteiger partial charge in [-0.2, -0.15) is 0 Å². The predicted molar refractivity (Wildman–Crippen MR) is 274 cm³/mol. The molecule has 1 aliphatic carbocycles. The summed E-state index contributed by atoms with van der Waals surface area (Å²) in [6.45, 7) is 23.9. The summed E-state index contributed by atoms with van der Waals surface area (Å²) in [5.41, 5.74) is 1.87. The largest absolute Gasteiger partial charge is 0.460 e. The first-order valence-electron chi connectivity index (χ1n) is 26.3. The lowest BCUT2D eigenvalue weighted by atomic mass is 9.78. The van der Waals surface area contributed by atoms with Gasteiger partial charge in [0, 0.05) is 52.6 Å². The second-order valence-electron chi connectivity index (χ2n) is 22.3. The molecule has 4 rings (SSSR count). The maximum Gasteiger partial charge on any atom is 0.329 e. The molecule has 3 heterocycles. The fourth-order valence-electron chi connectivity index (χ4n) is 10.7. The van der Waals surface area contributed by atoms with Gasteiger partial charge in [-0.05, 0) is 139 Å². The van der Waals surface area contributed by atoms with E-state index in [-0.39, 0.29) is 73.4 Å². The molecule has 71 heavy (non-hydrogen) atoms. The van der Waals surface area contributed by atoms with Crippen molar-refractivity contribution in [1.29, 1.82) is 0 Å². The molecule has 14 heteroatoms. The van der Waals surface area contributed by atoms with E-state index in [1.165, 1.54) is 4.90 Å². The van der Waals surface area contributed by atoms with Crippen molar-refractivity contribution in [2.45, 2.75) is 206 Å². The van der Waals surface area contributed by atoms with E-state index in [1.807, 2.05) is 58.9 Å². The van der Waals surface area contributed by atoms with Gasteiger partial charge >= 0.3 is 5.97 Å². The molecular formula is C57H91NO13. The molecule has 0 spiro atoms. The molecule has 0 aromatic rings. The molecule has 15 atom stereocenters. The van der Waals surface area contributed by atoms with Crippen LogP contribution in [-0.2, 0) is 52.3 Å². The molecule has 0 aromatic heterocycles. The van der Waals surface area contributed by atoms with E-state index in [2.05, 4.69) is 26.5 Å². The quantitative estimate of drug-likeness (QED) is 0.0970. The summed E-state index contributed by atoms with van der Waals surface area (Å²) in [5.74, 6) is -6.75. The van der Waals surface area contributed by atoms with E-state index < -0.39 is 71.8 Å². The predicted octanol–water partition coefficient (Wildman–Crippen LogP) is 8.96. The van der Waals surface area contributed by atoms with Crippen LogP contribution >= 0.6 is 0 Å². The number of carbonyl (C=O) groups excluding carboxylic acids is 4. The molecule has 1 saturated carbocycles. The molecule has 1 unspecified atom stereocenters. The molecule has 2 N–H and O–H groups in total. The van der Waals surface area contributed by atoms with Crippen molar-refractivity contribution >= 4 is 23.4 Å². The van der Waals surface area contributed by atoms with Gasteiger partial charge in [0.05, 0.1) is 30.0 Å². The Labute approximate surface area is 425 Å². The Hall–Kier alpha value is -3.34. The van der Waals surface area contributed by atoms with Crippen LogP contribution in [0.1, 0.15) is 146 Å². The smallest absolute Gasteiger partial charge is 0.329 e. The zero-order valence-electron chi connectivity index (χ0n) is 45.5. The standard InChI is InChI=1S/C57H91NO13/c1-35-20-16-15-17-21-36(2)48(65-12)32-44-25-23-41(7)57(64,71-44)53(61)54(62)58-27-19-18-22-45(58)55(63)70-49(33-46(59)38(4)29-40(6)51(60)52(67-14)42(8)37(3)28-35)39(5)30-43-24-26-47(50(31-43)66-13)68-34-69-56(9,10)11/h15-17,20-21,29,35,37-39,41,43-45,47-52,60,64H,8,18-19,22-28,30-34H2,1-7,9-14H3/b17-15+,20-16+,36-21+,40-29+/t35-,37-,38-,39-,41-,43?,44+,45+,47-,48+,49+,50-,51-,52+,57-/m1/s1. The number of esters is 1. The molecule has 0 aromatic carbocycles. The second kappa shape index (κ2) is 27.8. The fraction of sp³-hybridized carbons (Fsp3) is 0.754. The molecule has 2 saturated heterocycles. The highest BCUT2D eigenvalue weighted by Gasteiger charge is 2.53.